The van der Waals surface area contributed by atoms with Crippen LogP contribution in [0.3, 0.4) is 0 Å². The lowest BCUT2D eigenvalue weighted by atomic mass is 9.97. The van der Waals surface area contributed by atoms with Crippen LogP contribution >= 0.6 is 15.9 Å². The molecule has 0 aromatic heterocycles. The zero-order valence-corrected chi connectivity index (χ0v) is 11.3. The summed E-state index contributed by atoms with van der Waals surface area (Å²) in [5.74, 6) is -0.126. The molecule has 1 unspecified atom stereocenters. The highest BCUT2D eigenvalue weighted by Crippen LogP contribution is 2.17. The second kappa shape index (κ2) is 6.69. The fourth-order valence-corrected chi connectivity index (χ4v) is 2.05. The van der Waals surface area contributed by atoms with Crippen molar-refractivity contribution in [2.75, 3.05) is 6.61 Å². The highest BCUT2D eigenvalue weighted by Gasteiger charge is 2.17. The molecule has 0 bridgehead atoms. The van der Waals surface area contributed by atoms with E-state index in [0.717, 1.165) is 22.9 Å². The molecule has 0 heterocycles. The van der Waals surface area contributed by atoms with Crippen molar-refractivity contribution < 1.29 is 9.53 Å². The van der Waals surface area contributed by atoms with Gasteiger partial charge < -0.3 is 4.74 Å². The molecule has 3 heteroatoms. The van der Waals surface area contributed by atoms with Gasteiger partial charge in [0.1, 0.15) is 0 Å². The molecule has 0 fully saturated rings. The second-order valence-electron chi connectivity index (χ2n) is 3.69. The van der Waals surface area contributed by atoms with Crippen molar-refractivity contribution in [1.82, 2.24) is 0 Å². The van der Waals surface area contributed by atoms with Crippen LogP contribution in [-0.4, -0.2) is 12.6 Å². The summed E-state index contributed by atoms with van der Waals surface area (Å²) in [5.41, 5.74) is 1.16. The van der Waals surface area contributed by atoms with Crippen LogP contribution in [0.2, 0.25) is 0 Å². The van der Waals surface area contributed by atoms with Crippen molar-refractivity contribution in [1.29, 1.82) is 0 Å². The summed E-state index contributed by atoms with van der Waals surface area (Å²) in [7, 11) is 0. The first-order valence-electron chi connectivity index (χ1n) is 5.58. The Morgan fingerprint density at radius 3 is 2.75 bits per heavy atom. The number of esters is 1. The van der Waals surface area contributed by atoms with Gasteiger partial charge in [-0.1, -0.05) is 35.0 Å². The number of ether oxygens (including phenoxy) is 1. The van der Waals surface area contributed by atoms with Gasteiger partial charge in [-0.3, -0.25) is 4.79 Å². The van der Waals surface area contributed by atoms with Crippen LogP contribution in [0.5, 0.6) is 0 Å². The molecular formula is C13H17BrO2. The standard InChI is InChI=1S/C13H17BrO2/c1-3-11(13(15)16-4-2)8-10-6-5-7-12(14)9-10/h5-7,9,11H,3-4,8H2,1-2H3. The van der Waals surface area contributed by atoms with Crippen LogP contribution in [0, 0.1) is 5.92 Å². The number of benzene rings is 1. The monoisotopic (exact) mass is 284 g/mol. The highest BCUT2D eigenvalue weighted by molar-refractivity contribution is 9.10. The molecule has 88 valence electrons. The Kier molecular flexibility index (Phi) is 5.53. The lowest BCUT2D eigenvalue weighted by Crippen LogP contribution is -2.19. The molecule has 0 saturated heterocycles. The molecule has 0 spiro atoms. The van der Waals surface area contributed by atoms with Gasteiger partial charge in [0.15, 0.2) is 0 Å². The minimum Gasteiger partial charge on any atom is -0.466 e. The molecule has 16 heavy (non-hydrogen) atoms. The van der Waals surface area contributed by atoms with Crippen molar-refractivity contribution in [3.63, 3.8) is 0 Å². The van der Waals surface area contributed by atoms with Crippen LogP contribution in [0.15, 0.2) is 28.7 Å². The van der Waals surface area contributed by atoms with E-state index in [1.165, 1.54) is 0 Å². The Hall–Kier alpha value is -0.830. The van der Waals surface area contributed by atoms with Gasteiger partial charge >= 0.3 is 5.97 Å². The van der Waals surface area contributed by atoms with E-state index < -0.39 is 0 Å². The third-order valence-corrected chi connectivity index (χ3v) is 2.98. The average molecular weight is 285 g/mol. The van der Waals surface area contributed by atoms with Crippen LogP contribution in [-0.2, 0) is 16.0 Å². The topological polar surface area (TPSA) is 26.3 Å². The summed E-state index contributed by atoms with van der Waals surface area (Å²) in [6, 6.07) is 8.04. The maximum Gasteiger partial charge on any atom is 0.309 e. The Morgan fingerprint density at radius 1 is 1.44 bits per heavy atom. The van der Waals surface area contributed by atoms with E-state index in [-0.39, 0.29) is 11.9 Å². The molecular weight excluding hydrogens is 268 g/mol. The van der Waals surface area contributed by atoms with Crippen LogP contribution in [0.1, 0.15) is 25.8 Å². The highest BCUT2D eigenvalue weighted by atomic mass is 79.9. The van der Waals surface area contributed by atoms with Gasteiger partial charge in [-0.25, -0.2) is 0 Å². The van der Waals surface area contributed by atoms with Crippen molar-refractivity contribution >= 4 is 21.9 Å². The lowest BCUT2D eigenvalue weighted by molar-refractivity contribution is -0.148. The second-order valence-corrected chi connectivity index (χ2v) is 4.61. The molecule has 0 N–H and O–H groups in total. The normalized spacial score (nSPS) is 12.2. The molecule has 0 aliphatic heterocycles. The largest absolute Gasteiger partial charge is 0.466 e. The van der Waals surface area contributed by atoms with Crippen molar-refractivity contribution in [3.05, 3.63) is 34.3 Å². The summed E-state index contributed by atoms with van der Waals surface area (Å²) < 4.78 is 6.09. The van der Waals surface area contributed by atoms with Gasteiger partial charge in [0, 0.05) is 4.47 Å². The summed E-state index contributed by atoms with van der Waals surface area (Å²) in [5, 5.41) is 0. The SMILES string of the molecule is CCOC(=O)C(CC)Cc1cccc(Br)c1. The Morgan fingerprint density at radius 2 is 2.19 bits per heavy atom. The van der Waals surface area contributed by atoms with Crippen LogP contribution < -0.4 is 0 Å². The predicted molar refractivity (Wildman–Crippen MR) is 68.3 cm³/mol. The molecule has 1 aromatic carbocycles. The lowest BCUT2D eigenvalue weighted by Gasteiger charge is -2.13. The molecule has 0 radical (unpaired) electrons. The Labute approximate surface area is 105 Å². The first-order chi connectivity index (χ1) is 7.67. The van der Waals surface area contributed by atoms with Crippen molar-refractivity contribution in [3.8, 4) is 0 Å². The summed E-state index contributed by atoms with van der Waals surface area (Å²) in [6.07, 6.45) is 1.56. The number of hydrogen-bond donors (Lipinski definition) is 0. The maximum absolute atomic E-state index is 11.6. The van der Waals surface area contributed by atoms with Crippen molar-refractivity contribution in [2.24, 2.45) is 5.92 Å². The van der Waals surface area contributed by atoms with Crippen LogP contribution in [0.25, 0.3) is 0 Å². The molecule has 1 rings (SSSR count). The molecule has 0 amide bonds. The molecule has 2 nitrogen and oxygen atoms in total. The zero-order valence-electron chi connectivity index (χ0n) is 9.70. The molecule has 1 atom stereocenters. The van der Waals surface area contributed by atoms with Gasteiger partial charge in [-0.15, -0.1) is 0 Å². The van der Waals surface area contributed by atoms with E-state index in [1.807, 2.05) is 38.1 Å². The van der Waals surface area contributed by atoms with E-state index in [0.29, 0.717) is 6.61 Å². The van der Waals surface area contributed by atoms with E-state index in [2.05, 4.69) is 15.9 Å². The average Bonchev–Trinajstić information content (AvgIpc) is 2.26. The molecule has 0 aliphatic rings. The first kappa shape index (κ1) is 13.2. The fraction of sp³-hybridized carbons (Fsp3) is 0.462. The fourth-order valence-electron chi connectivity index (χ4n) is 1.60. The van der Waals surface area contributed by atoms with E-state index in [9.17, 15) is 4.79 Å². The van der Waals surface area contributed by atoms with Gasteiger partial charge in [-0.05, 0) is 37.5 Å². The first-order valence-corrected chi connectivity index (χ1v) is 6.37. The zero-order chi connectivity index (χ0) is 12.0. The third-order valence-electron chi connectivity index (χ3n) is 2.48. The summed E-state index contributed by atoms with van der Waals surface area (Å²) in [4.78, 5) is 11.6. The van der Waals surface area contributed by atoms with Gasteiger partial charge in [0.2, 0.25) is 0 Å². The Balaban J connectivity index is 2.66. The number of rotatable bonds is 5. The van der Waals surface area contributed by atoms with Crippen LogP contribution in [0.4, 0.5) is 0 Å². The van der Waals surface area contributed by atoms with Gasteiger partial charge in [-0.2, -0.15) is 0 Å². The minimum absolute atomic E-state index is 0.0331. The summed E-state index contributed by atoms with van der Waals surface area (Å²) >= 11 is 3.43. The van der Waals surface area contributed by atoms with E-state index in [4.69, 9.17) is 4.74 Å². The number of hydrogen-bond acceptors (Lipinski definition) is 2. The van der Waals surface area contributed by atoms with Gasteiger partial charge in [0.25, 0.3) is 0 Å². The summed E-state index contributed by atoms with van der Waals surface area (Å²) in [6.45, 7) is 4.30. The molecule has 1 aromatic rings. The maximum atomic E-state index is 11.6. The number of halogens is 1. The molecule has 0 aliphatic carbocycles. The minimum atomic E-state index is -0.0926. The quantitative estimate of drug-likeness (QED) is 0.773. The number of carbonyl (C=O) groups excluding carboxylic acids is 1. The van der Waals surface area contributed by atoms with E-state index in [1.54, 1.807) is 0 Å². The molecule has 0 saturated carbocycles. The van der Waals surface area contributed by atoms with Crippen molar-refractivity contribution in [2.45, 2.75) is 26.7 Å². The van der Waals surface area contributed by atoms with Gasteiger partial charge in [0.05, 0.1) is 12.5 Å². The predicted octanol–water partition coefficient (Wildman–Crippen LogP) is 3.58. The van der Waals surface area contributed by atoms with E-state index >= 15 is 0 Å². The third kappa shape index (κ3) is 3.97. The smallest absolute Gasteiger partial charge is 0.309 e. The number of carbonyl (C=O) groups is 1. The Bertz CT molecular complexity index is 350.